The van der Waals surface area contributed by atoms with Crippen LogP contribution in [0.2, 0.25) is 10.0 Å². The van der Waals surface area contributed by atoms with Crippen LogP contribution in [0.5, 0.6) is 0 Å². The molecule has 0 radical (unpaired) electrons. The summed E-state index contributed by atoms with van der Waals surface area (Å²) in [5, 5.41) is 2.40. The first-order valence-electron chi connectivity index (χ1n) is 6.21. The summed E-state index contributed by atoms with van der Waals surface area (Å²) in [6, 6.07) is 15.5. The molecule has 0 spiro atoms. The number of halogens is 2. The lowest BCUT2D eigenvalue weighted by Gasteiger charge is -2.03. The number of fused-ring (bicyclic) bond motifs is 1. The second-order valence-electron chi connectivity index (χ2n) is 4.39. The van der Waals surface area contributed by atoms with E-state index in [0.717, 1.165) is 22.0 Å². The van der Waals surface area contributed by atoms with Crippen LogP contribution in [0.3, 0.4) is 0 Å². The highest BCUT2D eigenvalue weighted by Gasteiger charge is 2.02. The summed E-state index contributed by atoms with van der Waals surface area (Å²) >= 11 is 12.3. The highest BCUT2D eigenvalue weighted by atomic mass is 35.5. The molecule has 0 unspecified atom stereocenters. The summed E-state index contributed by atoms with van der Waals surface area (Å²) < 4.78 is 0. The van der Waals surface area contributed by atoms with E-state index < -0.39 is 0 Å². The standard InChI is InChI=1S/C17H11Cl2N/c18-15-5-3-6-16(19)14(15)9-8-12-10-11-20-17-7-2-1-4-13(12)17/h1-11H. The van der Waals surface area contributed by atoms with Crippen molar-refractivity contribution in [3.8, 4) is 0 Å². The Balaban J connectivity index is 2.07. The molecule has 3 rings (SSSR count). The van der Waals surface area contributed by atoms with Gasteiger partial charge in [-0.2, -0.15) is 0 Å². The first kappa shape index (κ1) is 13.2. The Kier molecular flexibility index (Phi) is 3.72. The van der Waals surface area contributed by atoms with Crippen molar-refractivity contribution in [1.29, 1.82) is 0 Å². The third-order valence-corrected chi connectivity index (χ3v) is 3.77. The zero-order chi connectivity index (χ0) is 13.9. The zero-order valence-electron chi connectivity index (χ0n) is 10.6. The molecule has 0 N–H and O–H groups in total. The molecule has 0 saturated carbocycles. The Hall–Kier alpha value is -1.83. The first-order chi connectivity index (χ1) is 9.75. The van der Waals surface area contributed by atoms with Crippen molar-refractivity contribution in [1.82, 2.24) is 4.98 Å². The van der Waals surface area contributed by atoms with Crippen LogP contribution in [0.15, 0.2) is 54.7 Å². The molecule has 0 aliphatic rings. The molecule has 0 fully saturated rings. The van der Waals surface area contributed by atoms with Gasteiger partial charge in [-0.05, 0) is 29.8 Å². The average Bonchev–Trinajstić information content (AvgIpc) is 2.47. The van der Waals surface area contributed by atoms with Gasteiger partial charge in [0.25, 0.3) is 0 Å². The van der Waals surface area contributed by atoms with Crippen LogP contribution >= 0.6 is 23.2 Å². The number of benzene rings is 2. The lowest BCUT2D eigenvalue weighted by Crippen LogP contribution is -1.82. The minimum absolute atomic E-state index is 0.645. The average molecular weight is 300 g/mol. The molecule has 0 atom stereocenters. The van der Waals surface area contributed by atoms with E-state index in [2.05, 4.69) is 11.1 Å². The molecule has 20 heavy (non-hydrogen) atoms. The van der Waals surface area contributed by atoms with Crippen molar-refractivity contribution in [3.05, 3.63) is 75.9 Å². The lowest BCUT2D eigenvalue weighted by atomic mass is 10.1. The number of aromatic nitrogens is 1. The third kappa shape index (κ3) is 2.55. The fourth-order valence-electron chi connectivity index (χ4n) is 2.11. The fourth-order valence-corrected chi connectivity index (χ4v) is 2.63. The van der Waals surface area contributed by atoms with E-state index in [1.165, 1.54) is 0 Å². The van der Waals surface area contributed by atoms with Crippen molar-refractivity contribution in [2.45, 2.75) is 0 Å². The highest BCUT2D eigenvalue weighted by Crippen LogP contribution is 2.27. The van der Waals surface area contributed by atoms with Crippen molar-refractivity contribution in [2.75, 3.05) is 0 Å². The predicted octanol–water partition coefficient (Wildman–Crippen LogP) is 5.71. The quantitative estimate of drug-likeness (QED) is 0.590. The largest absolute Gasteiger partial charge is 0.256 e. The molecule has 98 valence electrons. The minimum Gasteiger partial charge on any atom is -0.256 e. The topological polar surface area (TPSA) is 12.9 Å². The van der Waals surface area contributed by atoms with Crippen LogP contribution in [0.1, 0.15) is 11.1 Å². The number of pyridine rings is 1. The Morgan fingerprint density at radius 2 is 1.55 bits per heavy atom. The van der Waals surface area contributed by atoms with Gasteiger partial charge in [0, 0.05) is 27.2 Å². The fraction of sp³-hybridized carbons (Fsp3) is 0. The summed E-state index contributed by atoms with van der Waals surface area (Å²) in [6.45, 7) is 0. The molecule has 0 bridgehead atoms. The van der Waals surface area contributed by atoms with Crippen molar-refractivity contribution in [3.63, 3.8) is 0 Å². The third-order valence-electron chi connectivity index (χ3n) is 3.11. The maximum atomic E-state index is 6.17. The Morgan fingerprint density at radius 3 is 2.35 bits per heavy atom. The first-order valence-corrected chi connectivity index (χ1v) is 6.97. The summed E-state index contributed by atoms with van der Waals surface area (Å²) in [7, 11) is 0. The van der Waals surface area contributed by atoms with Crippen molar-refractivity contribution >= 4 is 46.3 Å². The second kappa shape index (κ2) is 5.66. The normalized spacial score (nSPS) is 11.3. The molecule has 0 aliphatic heterocycles. The van der Waals surface area contributed by atoms with Gasteiger partial charge in [0.15, 0.2) is 0 Å². The second-order valence-corrected chi connectivity index (χ2v) is 5.20. The Labute approximate surface area is 127 Å². The number of hydrogen-bond donors (Lipinski definition) is 0. The summed E-state index contributed by atoms with van der Waals surface area (Å²) in [5.41, 5.74) is 2.89. The Morgan fingerprint density at radius 1 is 0.800 bits per heavy atom. The van der Waals surface area contributed by atoms with Gasteiger partial charge in [-0.1, -0.05) is 59.6 Å². The molecule has 1 heterocycles. The van der Waals surface area contributed by atoms with Crippen LogP contribution in [0.25, 0.3) is 23.1 Å². The van der Waals surface area contributed by atoms with E-state index >= 15 is 0 Å². The highest BCUT2D eigenvalue weighted by molar-refractivity contribution is 6.37. The Bertz CT molecular complexity index is 768. The van der Waals surface area contributed by atoms with E-state index in [0.29, 0.717) is 10.0 Å². The predicted molar refractivity (Wildman–Crippen MR) is 87.1 cm³/mol. The molecule has 0 amide bonds. The van der Waals surface area contributed by atoms with Gasteiger partial charge >= 0.3 is 0 Å². The molecule has 3 heteroatoms. The van der Waals surface area contributed by atoms with Crippen LogP contribution < -0.4 is 0 Å². The molecule has 3 aromatic rings. The molecule has 2 aromatic carbocycles. The molecule has 1 nitrogen and oxygen atoms in total. The monoisotopic (exact) mass is 299 g/mol. The van der Waals surface area contributed by atoms with E-state index in [4.69, 9.17) is 23.2 Å². The summed E-state index contributed by atoms with van der Waals surface area (Å²) in [4.78, 5) is 4.35. The van der Waals surface area contributed by atoms with E-state index in [9.17, 15) is 0 Å². The maximum absolute atomic E-state index is 6.17. The van der Waals surface area contributed by atoms with Gasteiger partial charge in [0.1, 0.15) is 0 Å². The maximum Gasteiger partial charge on any atom is 0.0707 e. The van der Waals surface area contributed by atoms with Crippen molar-refractivity contribution in [2.24, 2.45) is 0 Å². The smallest absolute Gasteiger partial charge is 0.0707 e. The van der Waals surface area contributed by atoms with E-state index in [1.807, 2.05) is 54.6 Å². The van der Waals surface area contributed by atoms with Crippen LogP contribution in [-0.4, -0.2) is 4.98 Å². The molecule has 0 aliphatic carbocycles. The van der Waals surface area contributed by atoms with Crippen LogP contribution in [0.4, 0.5) is 0 Å². The van der Waals surface area contributed by atoms with E-state index in [1.54, 1.807) is 6.20 Å². The number of nitrogens with zero attached hydrogens (tertiary/aromatic N) is 1. The van der Waals surface area contributed by atoms with Gasteiger partial charge in [-0.25, -0.2) is 0 Å². The molecule has 0 saturated heterocycles. The number of hydrogen-bond acceptors (Lipinski definition) is 1. The summed E-state index contributed by atoms with van der Waals surface area (Å²) in [5.74, 6) is 0. The number of para-hydroxylation sites is 1. The van der Waals surface area contributed by atoms with Gasteiger partial charge in [0.2, 0.25) is 0 Å². The van der Waals surface area contributed by atoms with Crippen LogP contribution in [-0.2, 0) is 0 Å². The van der Waals surface area contributed by atoms with Gasteiger partial charge in [-0.15, -0.1) is 0 Å². The minimum atomic E-state index is 0.645. The molecule has 1 aromatic heterocycles. The lowest BCUT2D eigenvalue weighted by molar-refractivity contribution is 1.41. The molecular formula is C17H11Cl2N. The number of rotatable bonds is 2. The van der Waals surface area contributed by atoms with Gasteiger partial charge in [0.05, 0.1) is 5.52 Å². The molecular weight excluding hydrogens is 289 g/mol. The summed E-state index contributed by atoms with van der Waals surface area (Å²) in [6.07, 6.45) is 5.75. The SMILES string of the molecule is Clc1cccc(Cl)c1C=Cc1ccnc2ccccc12. The van der Waals surface area contributed by atoms with Gasteiger partial charge < -0.3 is 0 Å². The zero-order valence-corrected chi connectivity index (χ0v) is 12.1. The van der Waals surface area contributed by atoms with E-state index in [-0.39, 0.29) is 0 Å². The van der Waals surface area contributed by atoms with Crippen LogP contribution in [0, 0.1) is 0 Å². The van der Waals surface area contributed by atoms with Crippen molar-refractivity contribution < 1.29 is 0 Å². The van der Waals surface area contributed by atoms with Gasteiger partial charge in [-0.3, -0.25) is 4.98 Å².